The van der Waals surface area contributed by atoms with Gasteiger partial charge in [-0.1, -0.05) is 0 Å². The van der Waals surface area contributed by atoms with E-state index in [0.717, 1.165) is 0 Å². The fourth-order valence-corrected chi connectivity index (χ4v) is 2.52. The maximum atomic E-state index is 12.0. The minimum absolute atomic E-state index is 0.168. The van der Waals surface area contributed by atoms with E-state index in [4.69, 9.17) is 4.74 Å². The molecule has 0 aliphatic carbocycles. The number of nitrogens with zero attached hydrogens (tertiary/aromatic N) is 1. The van der Waals surface area contributed by atoms with Crippen molar-refractivity contribution in [2.45, 2.75) is 12.2 Å². The molecule has 2 atom stereocenters. The Balaban J connectivity index is 2.14. The van der Waals surface area contributed by atoms with Crippen LogP contribution in [-0.4, -0.2) is 53.4 Å². The van der Waals surface area contributed by atoms with E-state index < -0.39 is 12.2 Å². The average molecular weight is 243 g/mol. The highest BCUT2D eigenvalue weighted by atomic mass is 32.1. The number of rotatable bonds is 2. The van der Waals surface area contributed by atoms with E-state index in [2.05, 4.69) is 0 Å². The number of ether oxygens (including phenoxy) is 1. The van der Waals surface area contributed by atoms with Crippen LogP contribution in [0.25, 0.3) is 0 Å². The Kier molecular flexibility index (Phi) is 3.13. The quantitative estimate of drug-likeness (QED) is 0.763. The second-order valence-corrected chi connectivity index (χ2v) is 4.58. The number of aliphatic hydroxyl groups is 2. The third-order valence-electron chi connectivity index (χ3n) is 2.59. The molecule has 2 rings (SSSR count). The summed E-state index contributed by atoms with van der Waals surface area (Å²) < 4.78 is 5.06. The molecule has 1 aromatic heterocycles. The second kappa shape index (κ2) is 4.40. The Morgan fingerprint density at radius 3 is 2.69 bits per heavy atom. The summed E-state index contributed by atoms with van der Waals surface area (Å²) in [5, 5.41) is 20.5. The standard InChI is InChI=1S/C10H13NO4S/c1-15-8-2-3-16-9(8)10(14)11-4-6(12)7(13)5-11/h2-3,6-7,12-13H,4-5H2,1H3/t6-,7+. The first-order chi connectivity index (χ1) is 7.63. The molecule has 16 heavy (non-hydrogen) atoms. The van der Waals surface area contributed by atoms with Crippen LogP contribution in [0.5, 0.6) is 5.75 Å². The van der Waals surface area contributed by atoms with Crippen molar-refractivity contribution in [2.75, 3.05) is 20.2 Å². The summed E-state index contributed by atoms with van der Waals surface area (Å²) in [5.41, 5.74) is 0. The lowest BCUT2D eigenvalue weighted by Gasteiger charge is -2.14. The number of hydrogen-bond donors (Lipinski definition) is 2. The van der Waals surface area contributed by atoms with Gasteiger partial charge in [0, 0.05) is 13.1 Å². The SMILES string of the molecule is COc1ccsc1C(=O)N1C[C@@H](O)[C@@H](O)C1. The van der Waals surface area contributed by atoms with Gasteiger partial charge in [-0.15, -0.1) is 11.3 Å². The third-order valence-corrected chi connectivity index (χ3v) is 3.47. The highest BCUT2D eigenvalue weighted by molar-refractivity contribution is 7.12. The second-order valence-electron chi connectivity index (χ2n) is 3.66. The van der Waals surface area contributed by atoms with Crippen molar-refractivity contribution < 1.29 is 19.7 Å². The first-order valence-electron chi connectivity index (χ1n) is 4.90. The van der Waals surface area contributed by atoms with Crippen LogP contribution in [0.3, 0.4) is 0 Å². The fourth-order valence-electron chi connectivity index (χ4n) is 1.69. The van der Waals surface area contributed by atoms with Crippen molar-refractivity contribution in [3.8, 4) is 5.75 Å². The minimum Gasteiger partial charge on any atom is -0.495 e. The summed E-state index contributed by atoms with van der Waals surface area (Å²) in [7, 11) is 1.51. The molecule has 0 bridgehead atoms. The molecule has 1 aromatic rings. The Morgan fingerprint density at radius 1 is 1.50 bits per heavy atom. The first kappa shape index (κ1) is 11.4. The monoisotopic (exact) mass is 243 g/mol. The molecular weight excluding hydrogens is 230 g/mol. The van der Waals surface area contributed by atoms with Gasteiger partial charge in [-0.3, -0.25) is 4.79 Å². The largest absolute Gasteiger partial charge is 0.495 e. The lowest BCUT2D eigenvalue weighted by atomic mass is 10.3. The van der Waals surface area contributed by atoms with Gasteiger partial charge < -0.3 is 19.8 Å². The molecule has 1 amide bonds. The van der Waals surface area contributed by atoms with Gasteiger partial charge in [0.1, 0.15) is 10.6 Å². The van der Waals surface area contributed by atoms with Crippen LogP contribution in [-0.2, 0) is 0 Å². The predicted molar refractivity (Wildman–Crippen MR) is 58.8 cm³/mol. The molecule has 1 saturated heterocycles. The summed E-state index contributed by atoms with van der Waals surface area (Å²) >= 11 is 1.29. The smallest absolute Gasteiger partial charge is 0.267 e. The Hall–Kier alpha value is -1.11. The van der Waals surface area contributed by atoms with Crippen LogP contribution in [0.1, 0.15) is 9.67 Å². The zero-order valence-corrected chi connectivity index (χ0v) is 9.61. The Morgan fingerprint density at radius 2 is 2.12 bits per heavy atom. The fraction of sp³-hybridized carbons (Fsp3) is 0.500. The van der Waals surface area contributed by atoms with Crippen LogP contribution < -0.4 is 4.74 Å². The lowest BCUT2D eigenvalue weighted by Crippen LogP contribution is -2.29. The third kappa shape index (κ3) is 1.91. The number of methoxy groups -OCH3 is 1. The zero-order chi connectivity index (χ0) is 11.7. The van der Waals surface area contributed by atoms with E-state index in [1.54, 1.807) is 11.4 Å². The van der Waals surface area contributed by atoms with Crippen LogP contribution in [0.2, 0.25) is 0 Å². The van der Waals surface area contributed by atoms with E-state index in [1.165, 1.54) is 23.3 Å². The summed E-state index contributed by atoms with van der Waals surface area (Å²) in [6.07, 6.45) is -1.70. The number of carbonyl (C=O) groups excluding carboxylic acids is 1. The van der Waals surface area contributed by atoms with Gasteiger partial charge in [-0.05, 0) is 11.4 Å². The van der Waals surface area contributed by atoms with Crippen LogP contribution in [0, 0.1) is 0 Å². The van der Waals surface area contributed by atoms with Crippen molar-refractivity contribution in [1.29, 1.82) is 0 Å². The molecule has 2 heterocycles. The molecule has 1 fully saturated rings. The van der Waals surface area contributed by atoms with Gasteiger partial charge in [0.15, 0.2) is 0 Å². The van der Waals surface area contributed by atoms with E-state index in [9.17, 15) is 15.0 Å². The number of aliphatic hydroxyl groups excluding tert-OH is 2. The van der Waals surface area contributed by atoms with Gasteiger partial charge >= 0.3 is 0 Å². The Bertz CT molecular complexity index is 382. The number of β-amino-alcohol motifs (C(OH)–C–C–N with tert-alkyl or cyclic N) is 2. The van der Waals surface area contributed by atoms with E-state index in [0.29, 0.717) is 10.6 Å². The number of hydrogen-bond acceptors (Lipinski definition) is 5. The molecule has 0 saturated carbocycles. The van der Waals surface area contributed by atoms with Crippen molar-refractivity contribution in [3.63, 3.8) is 0 Å². The number of likely N-dealkylation sites (tertiary alicyclic amines) is 1. The molecule has 1 aliphatic heterocycles. The highest BCUT2D eigenvalue weighted by Gasteiger charge is 2.34. The minimum atomic E-state index is -0.852. The molecule has 0 spiro atoms. The van der Waals surface area contributed by atoms with Crippen LogP contribution in [0.4, 0.5) is 0 Å². The molecule has 6 heteroatoms. The van der Waals surface area contributed by atoms with Gasteiger partial charge in [-0.25, -0.2) is 0 Å². The molecule has 0 radical (unpaired) electrons. The topological polar surface area (TPSA) is 70.0 Å². The predicted octanol–water partition coefficient (Wildman–Crippen LogP) is -0.0657. The highest BCUT2D eigenvalue weighted by Crippen LogP contribution is 2.27. The summed E-state index contributed by atoms with van der Waals surface area (Å²) in [5.74, 6) is 0.327. The molecule has 1 aliphatic rings. The van der Waals surface area contributed by atoms with Gasteiger partial charge in [0.05, 0.1) is 19.3 Å². The number of carbonyl (C=O) groups is 1. The molecule has 5 nitrogen and oxygen atoms in total. The normalized spacial score (nSPS) is 24.8. The molecule has 2 N–H and O–H groups in total. The van der Waals surface area contributed by atoms with Gasteiger partial charge in [-0.2, -0.15) is 0 Å². The summed E-state index contributed by atoms with van der Waals surface area (Å²) in [6, 6.07) is 1.72. The number of amides is 1. The van der Waals surface area contributed by atoms with Crippen molar-refractivity contribution in [2.24, 2.45) is 0 Å². The zero-order valence-electron chi connectivity index (χ0n) is 8.79. The lowest BCUT2D eigenvalue weighted by molar-refractivity contribution is 0.0572. The van der Waals surface area contributed by atoms with Gasteiger partial charge in [0.2, 0.25) is 0 Å². The molecule has 88 valence electrons. The van der Waals surface area contributed by atoms with E-state index in [-0.39, 0.29) is 19.0 Å². The average Bonchev–Trinajstić information content (AvgIpc) is 2.85. The van der Waals surface area contributed by atoms with Crippen molar-refractivity contribution in [3.05, 3.63) is 16.3 Å². The first-order valence-corrected chi connectivity index (χ1v) is 5.78. The van der Waals surface area contributed by atoms with Crippen LogP contribution in [0.15, 0.2) is 11.4 Å². The molecular formula is C10H13NO4S. The molecule has 0 unspecified atom stereocenters. The number of thiophene rings is 1. The summed E-state index contributed by atoms with van der Waals surface area (Å²) in [6.45, 7) is 0.335. The van der Waals surface area contributed by atoms with Gasteiger partial charge in [0.25, 0.3) is 5.91 Å². The maximum absolute atomic E-state index is 12.0. The van der Waals surface area contributed by atoms with Crippen molar-refractivity contribution in [1.82, 2.24) is 4.90 Å². The summed E-state index contributed by atoms with van der Waals surface area (Å²) in [4.78, 5) is 14.0. The maximum Gasteiger partial charge on any atom is 0.267 e. The Labute approximate surface area is 96.9 Å². The van der Waals surface area contributed by atoms with E-state index in [1.807, 2.05) is 0 Å². The van der Waals surface area contributed by atoms with Crippen LogP contribution >= 0.6 is 11.3 Å². The van der Waals surface area contributed by atoms with Crippen molar-refractivity contribution >= 4 is 17.2 Å². The van der Waals surface area contributed by atoms with E-state index >= 15 is 0 Å². The molecule has 0 aromatic carbocycles.